The third kappa shape index (κ3) is 2.93. The molecule has 0 unspecified atom stereocenters. The highest BCUT2D eigenvalue weighted by Crippen LogP contribution is 2.47. The number of fused-ring (bicyclic) bond motifs is 1. The summed E-state index contributed by atoms with van der Waals surface area (Å²) in [5.74, 6) is -0.923. The zero-order chi connectivity index (χ0) is 19.4. The van der Waals surface area contributed by atoms with E-state index in [4.69, 9.17) is 15.1 Å². The molecule has 2 aromatic heterocycles. The van der Waals surface area contributed by atoms with Gasteiger partial charge in [0.1, 0.15) is 5.69 Å². The molecule has 0 spiro atoms. The number of aromatic nitrogens is 3. The van der Waals surface area contributed by atoms with Gasteiger partial charge in [-0.15, -0.1) is 0 Å². The molecule has 0 fully saturated rings. The number of nitrogens with zero attached hydrogens (tertiary/aromatic N) is 2. The molecule has 0 radical (unpaired) electrons. The Hall–Kier alpha value is -2.95. The first-order valence-electron chi connectivity index (χ1n) is 9.08. The fourth-order valence-electron chi connectivity index (χ4n) is 4.26. The van der Waals surface area contributed by atoms with Crippen LogP contribution in [-0.4, -0.2) is 26.0 Å². The maximum absolute atomic E-state index is 11.0. The summed E-state index contributed by atoms with van der Waals surface area (Å²) in [6.45, 7) is 8.90. The van der Waals surface area contributed by atoms with E-state index in [0.29, 0.717) is 0 Å². The molecule has 5 nitrogen and oxygen atoms in total. The lowest BCUT2D eigenvalue weighted by Gasteiger charge is -2.21. The van der Waals surface area contributed by atoms with Gasteiger partial charge in [0, 0.05) is 16.5 Å². The van der Waals surface area contributed by atoms with Crippen molar-refractivity contribution in [3.05, 3.63) is 59.5 Å². The molecule has 3 aromatic rings. The topological polar surface area (TPSA) is 78.9 Å². The minimum absolute atomic E-state index is 0.00390. The van der Waals surface area contributed by atoms with Gasteiger partial charge in [-0.3, -0.25) is 4.98 Å². The minimum atomic E-state index is -0.923. The second-order valence-corrected chi connectivity index (χ2v) is 8.57. The third-order valence-corrected chi connectivity index (χ3v) is 5.34. The highest BCUT2D eigenvalue weighted by atomic mass is 16.4. The van der Waals surface area contributed by atoms with Gasteiger partial charge < -0.3 is 10.1 Å². The number of carboxylic acids is 1. The quantitative estimate of drug-likeness (QED) is 0.702. The van der Waals surface area contributed by atoms with E-state index in [0.717, 1.165) is 40.5 Å². The number of aromatic amines is 1. The molecule has 1 aromatic carbocycles. The lowest BCUT2D eigenvalue weighted by atomic mass is 9.83. The molecule has 138 valence electrons. The van der Waals surface area contributed by atoms with Crippen molar-refractivity contribution in [1.82, 2.24) is 15.0 Å². The van der Waals surface area contributed by atoms with E-state index in [9.17, 15) is 4.79 Å². The number of hydrogen-bond acceptors (Lipinski definition) is 3. The Morgan fingerprint density at radius 3 is 2.26 bits per heavy atom. The van der Waals surface area contributed by atoms with E-state index in [-0.39, 0.29) is 16.4 Å². The zero-order valence-electron chi connectivity index (χ0n) is 16.0. The van der Waals surface area contributed by atoms with Crippen molar-refractivity contribution < 1.29 is 9.90 Å². The molecular formula is C22H23N3O2. The van der Waals surface area contributed by atoms with Crippen LogP contribution in [0.1, 0.15) is 55.9 Å². The standard InChI is InChI=1S/C22H23N3O2/c1-21(2)12-22(3,4)19-18(21)23-11-17(25-19)16-10-9-15(24-16)13-5-7-14(8-6-13)20(26)27/h5-11,24H,12H2,1-4H3,(H,26,27). The summed E-state index contributed by atoms with van der Waals surface area (Å²) in [7, 11) is 0. The molecule has 5 heteroatoms. The molecular weight excluding hydrogens is 338 g/mol. The van der Waals surface area contributed by atoms with Crippen LogP contribution in [0, 0.1) is 0 Å². The SMILES string of the molecule is CC1(C)CC(C)(C)c2nc(-c3ccc(-c4ccc(C(=O)O)cc4)[nH]3)cnc21. The second kappa shape index (κ2) is 5.78. The van der Waals surface area contributed by atoms with Crippen molar-refractivity contribution in [1.29, 1.82) is 0 Å². The Morgan fingerprint density at radius 1 is 0.963 bits per heavy atom. The molecule has 4 rings (SSSR count). The van der Waals surface area contributed by atoms with E-state index in [1.54, 1.807) is 24.3 Å². The average molecular weight is 361 g/mol. The maximum Gasteiger partial charge on any atom is 0.335 e. The second-order valence-electron chi connectivity index (χ2n) is 8.57. The summed E-state index contributed by atoms with van der Waals surface area (Å²) in [5.41, 5.74) is 6.07. The Labute approximate surface area is 158 Å². The van der Waals surface area contributed by atoms with E-state index in [1.807, 2.05) is 18.3 Å². The predicted molar refractivity (Wildman–Crippen MR) is 105 cm³/mol. The van der Waals surface area contributed by atoms with Gasteiger partial charge in [-0.05, 0) is 36.2 Å². The summed E-state index contributed by atoms with van der Waals surface area (Å²) < 4.78 is 0. The van der Waals surface area contributed by atoms with Crippen molar-refractivity contribution in [2.45, 2.75) is 44.9 Å². The van der Waals surface area contributed by atoms with Gasteiger partial charge in [-0.2, -0.15) is 0 Å². The van der Waals surface area contributed by atoms with Crippen LogP contribution in [0.25, 0.3) is 22.6 Å². The van der Waals surface area contributed by atoms with Crippen molar-refractivity contribution in [2.75, 3.05) is 0 Å². The molecule has 0 aliphatic heterocycles. The monoisotopic (exact) mass is 361 g/mol. The Bertz CT molecular complexity index is 1030. The molecule has 27 heavy (non-hydrogen) atoms. The Balaban J connectivity index is 1.69. The van der Waals surface area contributed by atoms with Crippen LogP contribution in [0.5, 0.6) is 0 Å². The number of aromatic carboxylic acids is 1. The van der Waals surface area contributed by atoms with Crippen LogP contribution in [0.15, 0.2) is 42.6 Å². The molecule has 1 aliphatic rings. The number of carboxylic acid groups (broad SMARTS) is 1. The number of benzene rings is 1. The van der Waals surface area contributed by atoms with Crippen LogP contribution in [0.4, 0.5) is 0 Å². The highest BCUT2D eigenvalue weighted by molar-refractivity contribution is 5.88. The van der Waals surface area contributed by atoms with E-state index in [2.05, 4.69) is 32.7 Å². The number of rotatable bonds is 3. The minimum Gasteiger partial charge on any atom is -0.478 e. The van der Waals surface area contributed by atoms with Crippen LogP contribution < -0.4 is 0 Å². The van der Waals surface area contributed by atoms with E-state index < -0.39 is 5.97 Å². The summed E-state index contributed by atoms with van der Waals surface area (Å²) in [5, 5.41) is 9.03. The first kappa shape index (κ1) is 17.5. The molecule has 0 bridgehead atoms. The van der Waals surface area contributed by atoms with E-state index in [1.165, 1.54) is 0 Å². The first-order valence-corrected chi connectivity index (χ1v) is 9.08. The number of nitrogens with one attached hydrogen (secondary N) is 1. The third-order valence-electron chi connectivity index (χ3n) is 5.34. The van der Waals surface area contributed by atoms with Gasteiger partial charge in [0.05, 0.1) is 28.8 Å². The van der Waals surface area contributed by atoms with Gasteiger partial charge in [0.2, 0.25) is 0 Å². The highest BCUT2D eigenvalue weighted by Gasteiger charge is 2.44. The molecule has 1 aliphatic carbocycles. The van der Waals surface area contributed by atoms with Crippen molar-refractivity contribution in [2.24, 2.45) is 0 Å². The van der Waals surface area contributed by atoms with Crippen LogP contribution in [-0.2, 0) is 10.8 Å². The zero-order valence-corrected chi connectivity index (χ0v) is 16.0. The lowest BCUT2D eigenvalue weighted by Crippen LogP contribution is -2.18. The Morgan fingerprint density at radius 2 is 1.59 bits per heavy atom. The summed E-state index contributed by atoms with van der Waals surface area (Å²) >= 11 is 0. The van der Waals surface area contributed by atoms with Crippen LogP contribution >= 0.6 is 0 Å². The van der Waals surface area contributed by atoms with Gasteiger partial charge in [0.15, 0.2) is 0 Å². The van der Waals surface area contributed by atoms with Crippen LogP contribution in [0.2, 0.25) is 0 Å². The number of carbonyl (C=O) groups is 1. The molecule has 2 N–H and O–H groups in total. The molecule has 0 amide bonds. The average Bonchev–Trinajstić information content (AvgIpc) is 3.16. The van der Waals surface area contributed by atoms with Crippen molar-refractivity contribution in [3.8, 4) is 22.6 Å². The smallest absolute Gasteiger partial charge is 0.335 e. The number of H-pyrrole nitrogens is 1. The molecule has 0 saturated heterocycles. The van der Waals surface area contributed by atoms with Crippen molar-refractivity contribution >= 4 is 5.97 Å². The largest absolute Gasteiger partial charge is 0.478 e. The predicted octanol–water partition coefficient (Wildman–Crippen LogP) is 4.80. The molecule has 0 saturated carbocycles. The van der Waals surface area contributed by atoms with Crippen LogP contribution in [0.3, 0.4) is 0 Å². The first-order chi connectivity index (χ1) is 12.7. The van der Waals surface area contributed by atoms with E-state index >= 15 is 0 Å². The van der Waals surface area contributed by atoms with Gasteiger partial charge in [-0.25, -0.2) is 9.78 Å². The van der Waals surface area contributed by atoms with Gasteiger partial charge in [0.25, 0.3) is 0 Å². The molecule has 0 atom stereocenters. The summed E-state index contributed by atoms with van der Waals surface area (Å²) in [4.78, 5) is 24.1. The normalized spacial score (nSPS) is 16.9. The lowest BCUT2D eigenvalue weighted by molar-refractivity contribution is 0.0697. The van der Waals surface area contributed by atoms with Crippen molar-refractivity contribution in [3.63, 3.8) is 0 Å². The Kier molecular flexibility index (Phi) is 3.74. The summed E-state index contributed by atoms with van der Waals surface area (Å²) in [6, 6.07) is 10.8. The molecule has 2 heterocycles. The maximum atomic E-state index is 11.0. The van der Waals surface area contributed by atoms with Gasteiger partial charge >= 0.3 is 5.97 Å². The summed E-state index contributed by atoms with van der Waals surface area (Å²) in [6.07, 6.45) is 2.87. The fourth-order valence-corrected chi connectivity index (χ4v) is 4.26. The number of hydrogen-bond donors (Lipinski definition) is 2. The van der Waals surface area contributed by atoms with Gasteiger partial charge in [-0.1, -0.05) is 39.8 Å². The fraction of sp³-hybridized carbons (Fsp3) is 0.318.